The molecule has 0 radical (unpaired) electrons. The topological polar surface area (TPSA) is 491 Å². The van der Waals surface area contributed by atoms with Crippen molar-refractivity contribution in [3.63, 3.8) is 0 Å². The maximum Gasteiger partial charge on any atom is 0.250 e. The molecule has 1 aliphatic heterocycles. The van der Waals surface area contributed by atoms with Crippen molar-refractivity contribution in [3.05, 3.63) is 12.3 Å². The molecule has 0 aromatic rings. The average molecular weight is 1150 g/mol. The molecule has 12 atom stereocenters. The van der Waals surface area contributed by atoms with E-state index in [-0.39, 0.29) is 95.9 Å². The minimum Gasteiger partial charge on any atom is -0.510 e. The molecule has 0 aromatic heterocycles. The van der Waals surface area contributed by atoms with Gasteiger partial charge < -0.3 is 97.4 Å². The SMILES string of the molecule is C=C(O)[C@@H]1NC(=O)[C@H](CCN)NC(=O)[C@H](CCN)NC(=O)[C@H](CC(C)C)NC(=O)[C@@H](CC(C)C)NC(=O)[C@H](CCN)NC(=O)[C@@H](NC(=O)[C@H](CCN)NC(=O)[C@@H](NC(=O)[C@H](CCN)NC(=O)CCCC(C)CC)[C@@H](C)O)CCNC1=O. The Morgan fingerprint density at radius 3 is 1.42 bits per heavy atom. The summed E-state index contributed by atoms with van der Waals surface area (Å²) in [5.41, 5.74) is 29.2. The first-order chi connectivity index (χ1) is 38.2. The molecule has 11 amide bonds. The van der Waals surface area contributed by atoms with Crippen molar-refractivity contribution in [3.8, 4) is 0 Å². The smallest absolute Gasteiger partial charge is 0.250 e. The van der Waals surface area contributed by atoms with Crippen LogP contribution in [-0.4, -0.2) is 181 Å². The van der Waals surface area contributed by atoms with Crippen LogP contribution >= 0.6 is 0 Å². The van der Waals surface area contributed by atoms with Crippen LogP contribution in [0, 0.1) is 17.8 Å². The summed E-state index contributed by atoms with van der Waals surface area (Å²) < 4.78 is 0. The number of nitrogens with one attached hydrogen (secondary N) is 11. The number of hydrogen-bond acceptors (Lipinski definition) is 18. The third kappa shape index (κ3) is 26.7. The average Bonchev–Trinajstić information content (AvgIpc) is 3.38. The van der Waals surface area contributed by atoms with Crippen LogP contribution in [0.4, 0.5) is 0 Å². The second kappa shape index (κ2) is 38.2. The molecule has 1 unspecified atom stereocenters. The lowest BCUT2D eigenvalue weighted by Crippen LogP contribution is -2.62. The zero-order valence-electron chi connectivity index (χ0n) is 48.3. The molecule has 29 heteroatoms. The quantitative estimate of drug-likeness (QED) is 0.0326. The molecule has 1 heterocycles. The van der Waals surface area contributed by atoms with E-state index in [1.165, 1.54) is 6.92 Å². The Morgan fingerprint density at radius 1 is 0.568 bits per heavy atom. The van der Waals surface area contributed by atoms with Gasteiger partial charge >= 0.3 is 0 Å². The summed E-state index contributed by atoms with van der Waals surface area (Å²) in [6.45, 7) is 14.6. The van der Waals surface area contributed by atoms with Gasteiger partial charge in [0.2, 0.25) is 65.0 Å². The van der Waals surface area contributed by atoms with Crippen LogP contribution in [0.15, 0.2) is 12.3 Å². The number of carbonyl (C=O) groups excluding carboxylic acids is 11. The Bertz CT molecular complexity index is 2100. The van der Waals surface area contributed by atoms with Crippen LogP contribution in [0.1, 0.15) is 126 Å². The first-order valence-corrected chi connectivity index (χ1v) is 28.0. The second-order valence-electron chi connectivity index (χ2n) is 21.3. The van der Waals surface area contributed by atoms with E-state index in [2.05, 4.69) is 72.0 Å². The molecule has 0 bridgehead atoms. The largest absolute Gasteiger partial charge is 0.510 e. The van der Waals surface area contributed by atoms with E-state index in [0.29, 0.717) is 12.3 Å². The fourth-order valence-corrected chi connectivity index (χ4v) is 8.47. The molecule has 0 saturated carbocycles. The van der Waals surface area contributed by atoms with E-state index in [1.807, 2.05) is 6.92 Å². The molecule has 1 aliphatic rings. The minimum absolute atomic E-state index is 0.0188. The fraction of sp³-hybridized carbons (Fsp3) is 0.750. The van der Waals surface area contributed by atoms with E-state index >= 15 is 0 Å². The summed E-state index contributed by atoms with van der Waals surface area (Å²) in [4.78, 5) is 152. The number of carbonyl (C=O) groups is 11. The molecule has 29 nitrogen and oxygen atoms in total. The maximum atomic E-state index is 14.4. The van der Waals surface area contributed by atoms with Crippen molar-refractivity contribution in [1.82, 2.24) is 58.5 Å². The van der Waals surface area contributed by atoms with Crippen molar-refractivity contribution in [2.24, 2.45) is 46.4 Å². The summed E-state index contributed by atoms with van der Waals surface area (Å²) >= 11 is 0. The van der Waals surface area contributed by atoms with Gasteiger partial charge in [0.15, 0.2) is 6.04 Å². The van der Waals surface area contributed by atoms with Crippen LogP contribution in [0.25, 0.3) is 0 Å². The van der Waals surface area contributed by atoms with Gasteiger partial charge in [0.25, 0.3) is 0 Å². The minimum atomic E-state index is -1.87. The monoisotopic (exact) mass is 1150 g/mol. The van der Waals surface area contributed by atoms with Crippen molar-refractivity contribution in [1.29, 1.82) is 0 Å². The normalized spacial score (nSPS) is 23.1. The fourth-order valence-electron chi connectivity index (χ4n) is 8.47. The summed E-state index contributed by atoms with van der Waals surface area (Å²) in [5.74, 6) is -10.7. The van der Waals surface area contributed by atoms with Crippen LogP contribution in [-0.2, 0) is 52.7 Å². The molecule has 1 rings (SSSR count). The number of aliphatic hydroxyl groups is 2. The first kappa shape index (κ1) is 72.5. The zero-order chi connectivity index (χ0) is 61.5. The van der Waals surface area contributed by atoms with Gasteiger partial charge in [-0.15, -0.1) is 0 Å². The van der Waals surface area contributed by atoms with Crippen LogP contribution in [0.5, 0.6) is 0 Å². The highest BCUT2D eigenvalue weighted by Gasteiger charge is 2.37. The van der Waals surface area contributed by atoms with Crippen molar-refractivity contribution in [2.75, 3.05) is 39.3 Å². The standard InChI is InChI=1S/C52H96N16O13/c1-9-29(6)11-10-12-40(71)59-32(13-19-53)47(76)68-42(31(8)70)52(81)64-35(16-22-56)44(73)63-37-18-24-58-51(80)41(30(7)69)67-48(77)36(17-23-57)61-43(72)33(14-20-54)62-49(78)38(25-27(2)3)66-50(79)39(26-28(4)5)65-45(74)34(15-21-55)60-46(37)75/h27-29,31-39,41-42,69-70H,7,9-26,53-57H2,1-6,8H3,(H,58,80)(H,59,71)(H,60,75)(H,61,72)(H,62,78)(H,63,73)(H,64,81)(H,65,74)(H,66,79)(H,67,77)(H,68,76)/t29?,31-,32+,33+,34+,35+,36+,37+,38+,39-,41+,42+/m1/s1. The van der Waals surface area contributed by atoms with Gasteiger partial charge in [0, 0.05) is 13.0 Å². The predicted molar refractivity (Wildman–Crippen MR) is 301 cm³/mol. The molecular weight excluding hydrogens is 1060 g/mol. The van der Waals surface area contributed by atoms with E-state index in [0.717, 1.165) is 12.8 Å². The van der Waals surface area contributed by atoms with Gasteiger partial charge in [-0.25, -0.2) is 0 Å². The number of amides is 11. The second-order valence-corrected chi connectivity index (χ2v) is 21.3. The molecular formula is C52H96N16O13. The van der Waals surface area contributed by atoms with E-state index in [9.17, 15) is 63.0 Å². The van der Waals surface area contributed by atoms with Crippen molar-refractivity contribution in [2.45, 2.75) is 192 Å². The molecule has 23 N–H and O–H groups in total. The molecule has 0 aliphatic carbocycles. The molecule has 81 heavy (non-hydrogen) atoms. The lowest BCUT2D eigenvalue weighted by Gasteiger charge is -2.29. The Morgan fingerprint density at radius 2 is 1.00 bits per heavy atom. The van der Waals surface area contributed by atoms with Crippen LogP contribution in [0.2, 0.25) is 0 Å². The van der Waals surface area contributed by atoms with Crippen LogP contribution in [0.3, 0.4) is 0 Å². The Balaban J connectivity index is 3.84. The van der Waals surface area contributed by atoms with Crippen molar-refractivity contribution >= 4 is 65.0 Å². The highest BCUT2D eigenvalue weighted by Crippen LogP contribution is 2.13. The highest BCUT2D eigenvalue weighted by atomic mass is 16.3. The summed E-state index contributed by atoms with van der Waals surface area (Å²) in [6.07, 6.45) is -0.360. The third-order valence-electron chi connectivity index (χ3n) is 13.2. The molecule has 462 valence electrons. The Labute approximate surface area is 475 Å². The number of aliphatic hydroxyl groups excluding tert-OH is 2. The van der Waals surface area contributed by atoms with Gasteiger partial charge in [-0.1, -0.05) is 61.0 Å². The number of hydrogen-bond donors (Lipinski definition) is 18. The van der Waals surface area contributed by atoms with Crippen molar-refractivity contribution < 1.29 is 63.0 Å². The van der Waals surface area contributed by atoms with E-state index < -0.39 is 150 Å². The lowest BCUT2D eigenvalue weighted by molar-refractivity contribution is -0.137. The Kier molecular flexibility index (Phi) is 34.2. The van der Waals surface area contributed by atoms with E-state index in [1.54, 1.807) is 27.7 Å². The summed E-state index contributed by atoms with van der Waals surface area (Å²) in [5, 5.41) is 49.0. The first-order valence-electron chi connectivity index (χ1n) is 28.0. The van der Waals surface area contributed by atoms with Gasteiger partial charge in [-0.05, 0) is 115 Å². The highest BCUT2D eigenvalue weighted by molar-refractivity contribution is 5.99. The maximum absolute atomic E-state index is 14.4. The summed E-state index contributed by atoms with van der Waals surface area (Å²) in [7, 11) is 0. The number of rotatable bonds is 28. The van der Waals surface area contributed by atoms with Gasteiger partial charge in [-0.3, -0.25) is 52.7 Å². The predicted octanol–water partition coefficient (Wildman–Crippen LogP) is -5.14. The van der Waals surface area contributed by atoms with E-state index in [4.69, 9.17) is 28.7 Å². The van der Waals surface area contributed by atoms with Gasteiger partial charge in [0.1, 0.15) is 60.1 Å². The van der Waals surface area contributed by atoms with Gasteiger partial charge in [-0.2, -0.15) is 0 Å². The lowest BCUT2D eigenvalue weighted by atomic mass is 9.99. The third-order valence-corrected chi connectivity index (χ3v) is 13.2. The summed E-state index contributed by atoms with van der Waals surface area (Å²) in [6, 6.07) is -14.8. The van der Waals surface area contributed by atoms with Gasteiger partial charge in [0.05, 0.1) is 6.10 Å². The molecule has 0 aromatic carbocycles. The molecule has 1 fully saturated rings. The molecule has 1 saturated heterocycles. The molecule has 0 spiro atoms. The zero-order valence-corrected chi connectivity index (χ0v) is 48.3. The van der Waals surface area contributed by atoms with Crippen LogP contribution < -0.4 is 87.2 Å². The number of nitrogens with two attached hydrogens (primary N) is 5. The Hall–Kier alpha value is -6.53.